The van der Waals surface area contributed by atoms with Gasteiger partial charge in [-0.05, 0) is 32.4 Å². The summed E-state index contributed by atoms with van der Waals surface area (Å²) in [5, 5.41) is 17.7. The lowest BCUT2D eigenvalue weighted by Crippen LogP contribution is -2.28. The first kappa shape index (κ1) is 14.1. The summed E-state index contributed by atoms with van der Waals surface area (Å²) < 4.78 is 1.89. The van der Waals surface area contributed by atoms with Crippen LogP contribution in [0.3, 0.4) is 0 Å². The highest BCUT2D eigenvalue weighted by Gasteiger charge is 2.07. The summed E-state index contributed by atoms with van der Waals surface area (Å²) in [5.74, 6) is 0.938. The number of nitrogens with zero attached hydrogens (tertiary/aromatic N) is 3. The molecule has 0 saturated carbocycles. The van der Waals surface area contributed by atoms with Crippen molar-refractivity contribution in [2.45, 2.75) is 37.8 Å². The van der Waals surface area contributed by atoms with Crippen molar-refractivity contribution in [2.24, 2.45) is 7.05 Å². The molecule has 1 aromatic rings. The Hall–Kier alpha value is -0.990. The Labute approximate surface area is 107 Å². The average Bonchev–Trinajstić information content (AvgIpc) is 2.62. The quantitative estimate of drug-likeness (QED) is 0.755. The molecule has 0 aliphatic carbocycles. The van der Waals surface area contributed by atoms with Crippen LogP contribution in [-0.4, -0.2) is 28.1 Å². The van der Waals surface area contributed by atoms with E-state index in [4.69, 9.17) is 5.26 Å². The van der Waals surface area contributed by atoms with Gasteiger partial charge in [-0.1, -0.05) is 6.92 Å². The fourth-order valence-corrected chi connectivity index (χ4v) is 2.58. The Bertz CT molecular complexity index is 380. The molecule has 0 amide bonds. The third kappa shape index (κ3) is 4.80. The predicted molar refractivity (Wildman–Crippen MR) is 71.0 cm³/mol. The van der Waals surface area contributed by atoms with E-state index in [-0.39, 0.29) is 6.04 Å². The fraction of sp³-hybridized carbons (Fsp3) is 0.667. The van der Waals surface area contributed by atoms with Crippen LogP contribution in [-0.2, 0) is 7.05 Å². The maximum absolute atomic E-state index is 8.97. The summed E-state index contributed by atoms with van der Waals surface area (Å²) in [7, 11) is 1.95. The Morgan fingerprint density at radius 3 is 2.94 bits per heavy atom. The van der Waals surface area contributed by atoms with Gasteiger partial charge in [0.2, 0.25) is 0 Å². The molecule has 1 N–H and O–H groups in total. The molecule has 0 saturated heterocycles. The number of aryl methyl sites for hydroxylation is 2. The van der Waals surface area contributed by atoms with Crippen LogP contribution >= 0.6 is 11.8 Å². The standard InChI is InChI=1S/C12H20N4S/c1-4-6-14-11(9-13)5-7-17-12-8-10(2)15-16(12)3/h8,11,14H,4-7H2,1-3H3. The van der Waals surface area contributed by atoms with Crippen LogP contribution < -0.4 is 5.32 Å². The molecule has 0 radical (unpaired) electrons. The van der Waals surface area contributed by atoms with E-state index in [1.807, 2.05) is 18.7 Å². The maximum Gasteiger partial charge on any atom is 0.0961 e. The minimum absolute atomic E-state index is 0.0308. The highest BCUT2D eigenvalue weighted by molar-refractivity contribution is 7.99. The molecule has 1 atom stereocenters. The molecule has 0 aliphatic rings. The van der Waals surface area contributed by atoms with Crippen molar-refractivity contribution >= 4 is 11.8 Å². The molecule has 0 bridgehead atoms. The van der Waals surface area contributed by atoms with Gasteiger partial charge < -0.3 is 5.32 Å². The van der Waals surface area contributed by atoms with E-state index in [0.717, 1.165) is 35.9 Å². The summed E-state index contributed by atoms with van der Waals surface area (Å²) in [6.07, 6.45) is 1.93. The molecule has 0 aromatic carbocycles. The molecule has 4 nitrogen and oxygen atoms in total. The first-order chi connectivity index (χ1) is 8.17. The highest BCUT2D eigenvalue weighted by Crippen LogP contribution is 2.19. The minimum atomic E-state index is -0.0308. The van der Waals surface area contributed by atoms with E-state index in [1.54, 1.807) is 11.8 Å². The monoisotopic (exact) mass is 252 g/mol. The van der Waals surface area contributed by atoms with Gasteiger partial charge in [0.15, 0.2) is 0 Å². The van der Waals surface area contributed by atoms with Crippen LogP contribution in [0.5, 0.6) is 0 Å². The number of hydrogen-bond acceptors (Lipinski definition) is 4. The fourth-order valence-electron chi connectivity index (χ4n) is 1.53. The molecule has 0 spiro atoms. The lowest BCUT2D eigenvalue weighted by molar-refractivity contribution is 0.585. The van der Waals surface area contributed by atoms with Gasteiger partial charge in [0, 0.05) is 12.8 Å². The van der Waals surface area contributed by atoms with Crippen molar-refractivity contribution in [1.82, 2.24) is 15.1 Å². The van der Waals surface area contributed by atoms with E-state index in [2.05, 4.69) is 29.5 Å². The zero-order valence-electron chi connectivity index (χ0n) is 10.7. The van der Waals surface area contributed by atoms with Crippen molar-refractivity contribution in [3.05, 3.63) is 11.8 Å². The number of thioether (sulfide) groups is 1. The van der Waals surface area contributed by atoms with Crippen molar-refractivity contribution < 1.29 is 0 Å². The van der Waals surface area contributed by atoms with E-state index in [0.29, 0.717) is 0 Å². The molecular formula is C12H20N4S. The number of nitriles is 1. The Balaban J connectivity index is 2.31. The zero-order valence-corrected chi connectivity index (χ0v) is 11.5. The molecule has 17 heavy (non-hydrogen) atoms. The molecular weight excluding hydrogens is 232 g/mol. The minimum Gasteiger partial charge on any atom is -0.302 e. The second kappa shape index (κ2) is 7.36. The normalized spacial score (nSPS) is 12.4. The van der Waals surface area contributed by atoms with Gasteiger partial charge in [0.25, 0.3) is 0 Å². The number of aromatic nitrogens is 2. The van der Waals surface area contributed by atoms with Gasteiger partial charge in [-0.15, -0.1) is 11.8 Å². The lowest BCUT2D eigenvalue weighted by atomic mass is 10.2. The third-order valence-corrected chi connectivity index (χ3v) is 3.53. The first-order valence-corrected chi connectivity index (χ1v) is 6.92. The maximum atomic E-state index is 8.97. The van der Waals surface area contributed by atoms with Gasteiger partial charge in [-0.25, -0.2) is 0 Å². The molecule has 0 aliphatic heterocycles. The lowest BCUT2D eigenvalue weighted by Gasteiger charge is -2.09. The summed E-state index contributed by atoms with van der Waals surface area (Å²) in [6, 6.07) is 4.34. The van der Waals surface area contributed by atoms with Gasteiger partial charge in [-0.3, -0.25) is 4.68 Å². The topological polar surface area (TPSA) is 53.6 Å². The molecule has 1 rings (SSSR count). The second-order valence-corrected chi connectivity index (χ2v) is 5.14. The Morgan fingerprint density at radius 1 is 1.65 bits per heavy atom. The van der Waals surface area contributed by atoms with Gasteiger partial charge >= 0.3 is 0 Å². The number of nitrogens with one attached hydrogen (secondary N) is 1. The Morgan fingerprint density at radius 2 is 2.41 bits per heavy atom. The molecule has 5 heteroatoms. The van der Waals surface area contributed by atoms with Crippen molar-refractivity contribution in [2.75, 3.05) is 12.3 Å². The van der Waals surface area contributed by atoms with Crippen LogP contribution in [0, 0.1) is 18.3 Å². The third-order valence-electron chi connectivity index (χ3n) is 2.41. The highest BCUT2D eigenvalue weighted by atomic mass is 32.2. The molecule has 0 fully saturated rings. The van der Waals surface area contributed by atoms with Crippen molar-refractivity contribution in [1.29, 1.82) is 5.26 Å². The van der Waals surface area contributed by atoms with Crippen LogP contribution in [0.1, 0.15) is 25.5 Å². The largest absolute Gasteiger partial charge is 0.302 e. The molecule has 1 heterocycles. The SMILES string of the molecule is CCCNC(C#N)CCSc1cc(C)nn1C. The van der Waals surface area contributed by atoms with Crippen molar-refractivity contribution in [3.63, 3.8) is 0 Å². The summed E-state index contributed by atoms with van der Waals surface area (Å²) in [4.78, 5) is 0. The van der Waals surface area contributed by atoms with Crippen LogP contribution in [0.25, 0.3) is 0 Å². The van der Waals surface area contributed by atoms with Crippen molar-refractivity contribution in [3.8, 4) is 6.07 Å². The summed E-state index contributed by atoms with van der Waals surface area (Å²) in [5.41, 5.74) is 1.04. The molecule has 1 unspecified atom stereocenters. The summed E-state index contributed by atoms with van der Waals surface area (Å²) in [6.45, 7) is 5.01. The van der Waals surface area contributed by atoms with Gasteiger partial charge in [-0.2, -0.15) is 10.4 Å². The van der Waals surface area contributed by atoms with Crippen LogP contribution in [0.4, 0.5) is 0 Å². The van der Waals surface area contributed by atoms with E-state index >= 15 is 0 Å². The van der Waals surface area contributed by atoms with Gasteiger partial charge in [0.05, 0.1) is 22.8 Å². The zero-order chi connectivity index (χ0) is 12.7. The first-order valence-electron chi connectivity index (χ1n) is 5.93. The van der Waals surface area contributed by atoms with Gasteiger partial charge in [0.1, 0.15) is 0 Å². The Kier molecular flexibility index (Phi) is 6.09. The van der Waals surface area contributed by atoms with Crippen LogP contribution in [0.15, 0.2) is 11.1 Å². The van der Waals surface area contributed by atoms with Crippen LogP contribution in [0.2, 0.25) is 0 Å². The molecule has 94 valence electrons. The van der Waals surface area contributed by atoms with E-state index in [9.17, 15) is 0 Å². The average molecular weight is 252 g/mol. The predicted octanol–water partition coefficient (Wildman–Crippen LogP) is 2.10. The number of rotatable bonds is 7. The summed E-state index contributed by atoms with van der Waals surface area (Å²) >= 11 is 1.75. The smallest absolute Gasteiger partial charge is 0.0961 e. The van der Waals surface area contributed by atoms with E-state index < -0.39 is 0 Å². The second-order valence-electron chi connectivity index (χ2n) is 4.02. The molecule has 1 aromatic heterocycles. The van der Waals surface area contributed by atoms with E-state index in [1.165, 1.54) is 0 Å². The number of hydrogen-bond donors (Lipinski definition) is 1.